The summed E-state index contributed by atoms with van der Waals surface area (Å²) in [5.41, 5.74) is 4.11. The number of benzene rings is 2. The highest BCUT2D eigenvalue weighted by Gasteiger charge is 2.44. The molecule has 1 aliphatic rings. The van der Waals surface area contributed by atoms with Crippen molar-refractivity contribution in [3.05, 3.63) is 58.9 Å². The SMILES string of the molecule is CCCN(C)CCc1ccc(-c2ccc3c(c2F)CN(CC[C@](C)(C(=O)NO)S(C)(=O)=O)C3=O)cc1. The molecule has 1 heterocycles. The first-order valence-electron chi connectivity index (χ1n) is 12.0. The first-order chi connectivity index (χ1) is 16.9. The van der Waals surface area contributed by atoms with Crippen LogP contribution in [-0.4, -0.2) is 72.9 Å². The van der Waals surface area contributed by atoms with Crippen LogP contribution in [0.2, 0.25) is 0 Å². The molecule has 0 fully saturated rings. The van der Waals surface area contributed by atoms with Gasteiger partial charge in [-0.2, -0.15) is 0 Å². The molecule has 0 radical (unpaired) electrons. The number of hydrogen-bond donors (Lipinski definition) is 2. The van der Waals surface area contributed by atoms with Gasteiger partial charge in [-0.1, -0.05) is 37.3 Å². The van der Waals surface area contributed by atoms with Crippen LogP contribution in [-0.2, 0) is 27.6 Å². The molecule has 1 aliphatic heterocycles. The summed E-state index contributed by atoms with van der Waals surface area (Å²) in [7, 11) is -1.82. The number of fused-ring (bicyclic) bond motifs is 1. The van der Waals surface area contributed by atoms with Crippen LogP contribution in [0.15, 0.2) is 36.4 Å². The molecule has 0 bridgehead atoms. The van der Waals surface area contributed by atoms with Crippen LogP contribution in [0.1, 0.15) is 48.2 Å². The number of hydrogen-bond acceptors (Lipinski definition) is 6. The Bertz CT molecular complexity index is 1230. The van der Waals surface area contributed by atoms with Gasteiger partial charge in [0.2, 0.25) is 0 Å². The average Bonchev–Trinajstić information content (AvgIpc) is 3.17. The standard InChI is InChI=1S/C26H34FN3O5S/c1-5-14-29(3)15-12-18-6-8-19(9-7-18)20-10-11-21-22(23(20)27)17-30(24(21)31)16-13-26(2,25(32)28-33)36(4,34)35/h6-11,33H,5,12-17H2,1-4H3,(H,28,32)/t26-/m1/s1. The Hall–Kier alpha value is -2.82. The van der Waals surface area contributed by atoms with Gasteiger partial charge in [0.25, 0.3) is 11.8 Å². The van der Waals surface area contributed by atoms with Gasteiger partial charge in [-0.25, -0.2) is 18.3 Å². The van der Waals surface area contributed by atoms with E-state index in [2.05, 4.69) is 18.9 Å². The molecule has 0 aliphatic carbocycles. The number of amides is 2. The summed E-state index contributed by atoms with van der Waals surface area (Å²) in [6, 6.07) is 10.9. The van der Waals surface area contributed by atoms with Crippen LogP contribution < -0.4 is 5.48 Å². The lowest BCUT2D eigenvalue weighted by atomic mass is 9.98. The molecule has 0 saturated carbocycles. The summed E-state index contributed by atoms with van der Waals surface area (Å²) in [6.45, 7) is 5.18. The van der Waals surface area contributed by atoms with Gasteiger partial charge < -0.3 is 9.80 Å². The van der Waals surface area contributed by atoms with Gasteiger partial charge in [0.1, 0.15) is 5.82 Å². The third-order valence-electron chi connectivity index (χ3n) is 7.02. The van der Waals surface area contributed by atoms with E-state index in [4.69, 9.17) is 5.21 Å². The second-order valence-corrected chi connectivity index (χ2v) is 12.1. The summed E-state index contributed by atoms with van der Waals surface area (Å²) in [5, 5.41) is 8.99. The molecule has 3 rings (SSSR count). The van der Waals surface area contributed by atoms with Crippen molar-refractivity contribution in [2.45, 2.75) is 44.4 Å². The number of carbonyl (C=O) groups is 2. The van der Waals surface area contributed by atoms with E-state index in [9.17, 15) is 18.0 Å². The number of nitrogens with zero attached hydrogens (tertiary/aromatic N) is 2. The zero-order valence-corrected chi connectivity index (χ0v) is 22.0. The molecule has 0 saturated heterocycles. The highest BCUT2D eigenvalue weighted by molar-refractivity contribution is 7.92. The molecule has 1 atom stereocenters. The third-order valence-corrected chi connectivity index (χ3v) is 9.05. The molecule has 0 spiro atoms. The molecule has 36 heavy (non-hydrogen) atoms. The second kappa shape index (κ2) is 11.1. The van der Waals surface area contributed by atoms with Crippen LogP contribution in [0.4, 0.5) is 4.39 Å². The topological polar surface area (TPSA) is 107 Å². The van der Waals surface area contributed by atoms with Crippen LogP contribution in [0.25, 0.3) is 11.1 Å². The fourth-order valence-electron chi connectivity index (χ4n) is 4.41. The Labute approximate surface area is 212 Å². The number of rotatable bonds is 11. The Morgan fingerprint density at radius 2 is 1.81 bits per heavy atom. The van der Waals surface area contributed by atoms with Gasteiger partial charge in [0.15, 0.2) is 14.6 Å². The second-order valence-electron chi connectivity index (χ2n) is 9.62. The summed E-state index contributed by atoms with van der Waals surface area (Å²) in [6.07, 6.45) is 2.64. The van der Waals surface area contributed by atoms with Crippen molar-refractivity contribution in [1.29, 1.82) is 0 Å². The van der Waals surface area contributed by atoms with Crippen LogP contribution in [0.3, 0.4) is 0 Å². The van der Waals surface area contributed by atoms with E-state index in [0.717, 1.165) is 37.8 Å². The van der Waals surface area contributed by atoms with Crippen molar-refractivity contribution in [2.75, 3.05) is 32.9 Å². The summed E-state index contributed by atoms with van der Waals surface area (Å²) < 4.78 is 38.0. The van der Waals surface area contributed by atoms with Crippen molar-refractivity contribution < 1.29 is 27.6 Å². The van der Waals surface area contributed by atoms with Crippen molar-refractivity contribution in [3.8, 4) is 11.1 Å². The zero-order chi connectivity index (χ0) is 26.7. The van der Waals surface area contributed by atoms with Gasteiger partial charge >= 0.3 is 0 Å². The molecule has 8 nitrogen and oxygen atoms in total. The lowest BCUT2D eigenvalue weighted by Crippen LogP contribution is -2.50. The van der Waals surface area contributed by atoms with Crippen molar-refractivity contribution in [1.82, 2.24) is 15.3 Å². The zero-order valence-electron chi connectivity index (χ0n) is 21.2. The van der Waals surface area contributed by atoms with E-state index in [1.54, 1.807) is 12.1 Å². The van der Waals surface area contributed by atoms with E-state index in [0.29, 0.717) is 11.1 Å². The molecule has 0 aromatic heterocycles. The maximum Gasteiger partial charge on any atom is 0.264 e. The summed E-state index contributed by atoms with van der Waals surface area (Å²) in [4.78, 5) is 28.5. The quantitative estimate of drug-likeness (QED) is 0.349. The maximum absolute atomic E-state index is 15.5. The summed E-state index contributed by atoms with van der Waals surface area (Å²) >= 11 is 0. The third kappa shape index (κ3) is 5.61. The molecular weight excluding hydrogens is 485 g/mol. The fourth-order valence-corrected chi connectivity index (χ4v) is 5.26. The normalized spacial score (nSPS) is 15.2. The van der Waals surface area contributed by atoms with Crippen molar-refractivity contribution in [3.63, 3.8) is 0 Å². The highest BCUT2D eigenvalue weighted by Crippen LogP contribution is 2.33. The smallest absolute Gasteiger partial charge is 0.264 e. The molecule has 2 amide bonds. The molecule has 2 N–H and O–H groups in total. The van der Waals surface area contributed by atoms with Crippen LogP contribution in [0, 0.1) is 5.82 Å². The lowest BCUT2D eigenvalue weighted by Gasteiger charge is -2.27. The number of nitrogens with one attached hydrogen (secondary N) is 1. The monoisotopic (exact) mass is 519 g/mol. The Morgan fingerprint density at radius 1 is 1.17 bits per heavy atom. The minimum Gasteiger partial charge on any atom is -0.334 e. The van der Waals surface area contributed by atoms with Crippen molar-refractivity contribution >= 4 is 21.7 Å². The minimum absolute atomic E-state index is 0.0315. The molecule has 0 unspecified atom stereocenters. The Kier molecular flexibility index (Phi) is 8.53. The maximum atomic E-state index is 15.5. The molecule has 10 heteroatoms. The van der Waals surface area contributed by atoms with Crippen LogP contribution >= 0.6 is 0 Å². The summed E-state index contributed by atoms with van der Waals surface area (Å²) in [5.74, 6) is -2.00. The van der Waals surface area contributed by atoms with E-state index in [1.165, 1.54) is 17.3 Å². The van der Waals surface area contributed by atoms with Gasteiger partial charge in [0, 0.05) is 42.6 Å². The van der Waals surface area contributed by atoms with Gasteiger partial charge in [0.05, 0.1) is 0 Å². The highest BCUT2D eigenvalue weighted by atomic mass is 32.2. The van der Waals surface area contributed by atoms with Gasteiger partial charge in [-0.05, 0) is 57.0 Å². The Morgan fingerprint density at radius 3 is 2.39 bits per heavy atom. The minimum atomic E-state index is -3.91. The number of sulfone groups is 1. The number of carbonyl (C=O) groups excluding carboxylic acids is 2. The molecule has 2 aromatic carbocycles. The Balaban J connectivity index is 1.76. The van der Waals surface area contributed by atoms with Gasteiger partial charge in [-0.3, -0.25) is 14.8 Å². The van der Waals surface area contributed by atoms with E-state index in [-0.39, 0.29) is 30.6 Å². The van der Waals surface area contributed by atoms with Gasteiger partial charge in [-0.15, -0.1) is 0 Å². The number of halogens is 1. The molecule has 2 aromatic rings. The first-order valence-corrected chi connectivity index (χ1v) is 13.8. The molecule has 196 valence electrons. The molecular formula is C26H34FN3O5S. The van der Waals surface area contributed by atoms with Crippen molar-refractivity contribution in [2.24, 2.45) is 0 Å². The number of hydroxylamine groups is 1. The van der Waals surface area contributed by atoms with E-state index < -0.39 is 32.2 Å². The lowest BCUT2D eigenvalue weighted by molar-refractivity contribution is -0.131. The predicted molar refractivity (Wildman–Crippen MR) is 136 cm³/mol. The van der Waals surface area contributed by atoms with E-state index >= 15 is 4.39 Å². The number of likely N-dealkylation sites (N-methyl/N-ethyl adjacent to an activating group) is 1. The average molecular weight is 520 g/mol. The first kappa shape index (κ1) is 27.8. The van der Waals surface area contributed by atoms with E-state index in [1.807, 2.05) is 24.3 Å². The predicted octanol–water partition coefficient (Wildman–Crippen LogP) is 3.03. The van der Waals surface area contributed by atoms with Crippen LogP contribution in [0.5, 0.6) is 0 Å². The largest absolute Gasteiger partial charge is 0.334 e. The fraction of sp³-hybridized carbons (Fsp3) is 0.462.